The molecule has 1 aliphatic rings. The van der Waals surface area contributed by atoms with Gasteiger partial charge in [0.25, 0.3) is 5.91 Å². The first-order valence-corrected chi connectivity index (χ1v) is 12.0. The zero-order valence-corrected chi connectivity index (χ0v) is 22.2. The SMILES string of the molecule is COC(=O)c1ccc(Nc2cc(F)ccc2CN2C(=O)N(c3ccc(F)c(C(F)(F)F)c3)C(=O)C2(C)C)cc1OC. The molecule has 216 valence electrons. The lowest BCUT2D eigenvalue weighted by molar-refractivity contribution is -0.140. The summed E-state index contributed by atoms with van der Waals surface area (Å²) in [6.07, 6.45) is -5.05. The predicted octanol–water partition coefficient (Wildman–Crippen LogP) is 6.27. The average Bonchev–Trinajstić information content (AvgIpc) is 3.08. The van der Waals surface area contributed by atoms with E-state index in [9.17, 15) is 36.3 Å². The fourth-order valence-corrected chi connectivity index (χ4v) is 4.37. The molecule has 1 saturated heterocycles. The Balaban J connectivity index is 1.68. The van der Waals surface area contributed by atoms with Crippen molar-refractivity contribution in [3.63, 3.8) is 0 Å². The molecule has 1 N–H and O–H groups in total. The van der Waals surface area contributed by atoms with Crippen LogP contribution in [0.25, 0.3) is 0 Å². The van der Waals surface area contributed by atoms with Crippen LogP contribution < -0.4 is 15.0 Å². The van der Waals surface area contributed by atoms with Crippen molar-refractivity contribution in [1.82, 2.24) is 4.90 Å². The topological polar surface area (TPSA) is 88.2 Å². The summed E-state index contributed by atoms with van der Waals surface area (Å²) in [4.78, 5) is 40.3. The van der Waals surface area contributed by atoms with Gasteiger partial charge in [-0.2, -0.15) is 13.2 Å². The van der Waals surface area contributed by atoms with Crippen molar-refractivity contribution < 1.29 is 45.8 Å². The van der Waals surface area contributed by atoms with Gasteiger partial charge in [0.15, 0.2) is 0 Å². The van der Waals surface area contributed by atoms with Crippen LogP contribution in [0.3, 0.4) is 0 Å². The van der Waals surface area contributed by atoms with Crippen LogP contribution in [0.1, 0.15) is 35.3 Å². The molecule has 8 nitrogen and oxygen atoms in total. The Hall–Kier alpha value is -4.68. The van der Waals surface area contributed by atoms with Crippen molar-refractivity contribution in [2.45, 2.75) is 32.1 Å². The van der Waals surface area contributed by atoms with Crippen LogP contribution in [0, 0.1) is 11.6 Å². The Morgan fingerprint density at radius 2 is 1.68 bits per heavy atom. The number of methoxy groups -OCH3 is 2. The molecule has 0 saturated carbocycles. The summed E-state index contributed by atoms with van der Waals surface area (Å²) in [5.74, 6) is -3.46. The molecule has 0 bridgehead atoms. The predicted molar refractivity (Wildman–Crippen MR) is 138 cm³/mol. The molecule has 41 heavy (non-hydrogen) atoms. The van der Waals surface area contributed by atoms with E-state index in [-0.39, 0.29) is 23.5 Å². The molecule has 1 aliphatic heterocycles. The number of imide groups is 1. The van der Waals surface area contributed by atoms with Crippen molar-refractivity contribution in [1.29, 1.82) is 0 Å². The quantitative estimate of drug-likeness (QED) is 0.202. The first kappa shape index (κ1) is 29.3. The van der Waals surface area contributed by atoms with Gasteiger partial charge >= 0.3 is 18.2 Å². The zero-order valence-electron chi connectivity index (χ0n) is 22.2. The molecule has 13 heteroatoms. The summed E-state index contributed by atoms with van der Waals surface area (Å²) in [5, 5.41) is 3.00. The molecule has 0 unspecified atom stereocenters. The second-order valence-corrected chi connectivity index (χ2v) is 9.56. The molecule has 0 aromatic heterocycles. The fraction of sp³-hybridized carbons (Fsp3) is 0.250. The van der Waals surface area contributed by atoms with E-state index in [0.717, 1.165) is 23.1 Å². The first-order chi connectivity index (χ1) is 19.2. The molecule has 3 amide bonds. The number of alkyl halides is 3. The third kappa shape index (κ3) is 5.52. The standard InChI is InChI=1S/C28H24F5N3O5/c1-27(2)25(38)36(18-8-10-21(30)20(13-18)28(31,32)33)26(39)35(27)14-15-5-6-16(29)11-22(15)34-17-7-9-19(24(37)41-4)23(12-17)40-3/h5-13,34H,14H2,1-4H3. The van der Waals surface area contributed by atoms with Crippen molar-refractivity contribution in [2.24, 2.45) is 0 Å². The third-order valence-corrected chi connectivity index (χ3v) is 6.62. The number of carbonyl (C=O) groups excluding carboxylic acids is 3. The Morgan fingerprint density at radius 3 is 2.32 bits per heavy atom. The summed E-state index contributed by atoms with van der Waals surface area (Å²) in [6.45, 7) is 2.57. The van der Waals surface area contributed by atoms with Crippen LogP contribution in [0.4, 0.5) is 43.8 Å². The summed E-state index contributed by atoms with van der Waals surface area (Å²) in [7, 11) is 2.56. The van der Waals surface area contributed by atoms with Gasteiger partial charge in [0.2, 0.25) is 0 Å². The third-order valence-electron chi connectivity index (χ3n) is 6.62. The van der Waals surface area contributed by atoms with E-state index >= 15 is 0 Å². The largest absolute Gasteiger partial charge is 0.496 e. The minimum atomic E-state index is -5.05. The summed E-state index contributed by atoms with van der Waals surface area (Å²) in [6, 6.07) is 9.02. The Kier molecular flexibility index (Phi) is 7.66. The number of nitrogens with zero attached hydrogens (tertiary/aromatic N) is 2. The number of amides is 3. The van der Waals surface area contributed by atoms with E-state index in [1.165, 1.54) is 52.3 Å². The highest BCUT2D eigenvalue weighted by molar-refractivity contribution is 6.23. The van der Waals surface area contributed by atoms with Gasteiger partial charge in [0.05, 0.1) is 32.0 Å². The lowest BCUT2D eigenvalue weighted by Crippen LogP contribution is -2.43. The maximum absolute atomic E-state index is 14.3. The Morgan fingerprint density at radius 1 is 0.976 bits per heavy atom. The number of rotatable bonds is 7. The zero-order chi connectivity index (χ0) is 30.3. The van der Waals surface area contributed by atoms with Crippen molar-refractivity contribution >= 4 is 35.0 Å². The van der Waals surface area contributed by atoms with Crippen LogP contribution in [-0.2, 0) is 22.3 Å². The summed E-state index contributed by atoms with van der Waals surface area (Å²) >= 11 is 0. The van der Waals surface area contributed by atoms with Crippen molar-refractivity contribution in [3.8, 4) is 5.75 Å². The number of hydrogen-bond donors (Lipinski definition) is 1. The normalized spacial score (nSPS) is 14.9. The number of esters is 1. The number of urea groups is 1. The number of carbonyl (C=O) groups is 3. The number of benzene rings is 3. The van der Waals surface area contributed by atoms with Gasteiger partial charge in [-0.1, -0.05) is 6.07 Å². The molecule has 0 atom stereocenters. The van der Waals surface area contributed by atoms with Gasteiger partial charge in [-0.25, -0.2) is 23.3 Å². The van der Waals surface area contributed by atoms with Gasteiger partial charge in [0, 0.05) is 17.4 Å². The lowest BCUT2D eigenvalue weighted by atomic mass is 10.0. The van der Waals surface area contributed by atoms with Crippen LogP contribution in [0.2, 0.25) is 0 Å². The van der Waals surface area contributed by atoms with Gasteiger partial charge in [-0.05, 0) is 61.9 Å². The number of hydrogen-bond acceptors (Lipinski definition) is 6. The molecule has 1 fully saturated rings. The molecule has 1 heterocycles. The van der Waals surface area contributed by atoms with E-state index in [0.29, 0.717) is 28.3 Å². The molecule has 3 aromatic rings. The monoisotopic (exact) mass is 577 g/mol. The number of halogens is 5. The second kappa shape index (κ2) is 10.7. The average molecular weight is 578 g/mol. The van der Waals surface area contributed by atoms with Gasteiger partial charge in [-0.15, -0.1) is 0 Å². The Bertz CT molecular complexity index is 1540. The van der Waals surface area contributed by atoms with Crippen molar-refractivity contribution in [2.75, 3.05) is 24.4 Å². The van der Waals surface area contributed by atoms with Crippen LogP contribution in [0.5, 0.6) is 5.75 Å². The highest BCUT2D eigenvalue weighted by Crippen LogP contribution is 2.39. The number of ether oxygens (including phenoxy) is 2. The van der Waals surface area contributed by atoms with E-state index in [1.807, 2.05) is 0 Å². The maximum Gasteiger partial charge on any atom is 0.419 e. The highest BCUT2D eigenvalue weighted by Gasteiger charge is 2.52. The van der Waals surface area contributed by atoms with E-state index in [4.69, 9.17) is 9.47 Å². The van der Waals surface area contributed by atoms with Gasteiger partial charge in [0.1, 0.15) is 28.5 Å². The lowest BCUT2D eigenvalue weighted by Gasteiger charge is -2.28. The molecule has 0 aliphatic carbocycles. The second-order valence-electron chi connectivity index (χ2n) is 9.56. The molecule has 4 rings (SSSR count). The molecular formula is C28H24F5N3O5. The van der Waals surface area contributed by atoms with E-state index in [1.54, 1.807) is 0 Å². The smallest absolute Gasteiger partial charge is 0.419 e. The number of anilines is 3. The summed E-state index contributed by atoms with van der Waals surface area (Å²) < 4.78 is 78.0. The van der Waals surface area contributed by atoms with Crippen molar-refractivity contribution in [3.05, 3.63) is 82.9 Å². The van der Waals surface area contributed by atoms with Crippen LogP contribution in [-0.4, -0.2) is 42.6 Å². The highest BCUT2D eigenvalue weighted by atomic mass is 19.4. The van der Waals surface area contributed by atoms with Gasteiger partial charge < -0.3 is 19.7 Å². The van der Waals surface area contributed by atoms with Gasteiger partial charge in [-0.3, -0.25) is 4.79 Å². The minimum absolute atomic E-state index is 0.150. The number of nitrogens with one attached hydrogen (secondary N) is 1. The minimum Gasteiger partial charge on any atom is -0.496 e. The van der Waals surface area contributed by atoms with E-state index < -0.39 is 52.5 Å². The molecule has 0 radical (unpaired) electrons. The maximum atomic E-state index is 14.3. The van der Waals surface area contributed by atoms with E-state index in [2.05, 4.69) is 5.32 Å². The first-order valence-electron chi connectivity index (χ1n) is 12.0. The molecule has 3 aromatic carbocycles. The summed E-state index contributed by atoms with van der Waals surface area (Å²) in [5.41, 5.74) is -2.50. The van der Waals surface area contributed by atoms with Crippen LogP contribution >= 0.6 is 0 Å². The van der Waals surface area contributed by atoms with Crippen LogP contribution in [0.15, 0.2) is 54.6 Å². The fourth-order valence-electron chi connectivity index (χ4n) is 4.37. The Labute approximate surface area is 231 Å². The molecule has 0 spiro atoms. The molecular weight excluding hydrogens is 553 g/mol.